The molecule has 0 aliphatic carbocycles. The Bertz CT molecular complexity index is 857. The van der Waals surface area contributed by atoms with Crippen molar-refractivity contribution < 1.29 is 13.7 Å². The van der Waals surface area contributed by atoms with E-state index in [1.54, 1.807) is 6.07 Å². The van der Waals surface area contributed by atoms with E-state index < -0.39 is 18.3 Å². The molecular formula is C20H27BFN3O2S. The second-order valence-corrected chi connectivity index (χ2v) is 9.69. The minimum Gasteiger partial charge on any atom is -0.399 e. The standard InChI is InChI=1S/C20H27BFN3O2S/c1-19(2)20(3,4)27-21(26-19)14-7-6-12(8-15(14)22)17-11-24-18(25-17)16-9-13(28-5)10-23-16/h6-8,11,13,16,23H,9-10H2,1-5H3,(H,24,25)/t13-,16-/m0/s1. The highest BCUT2D eigenvalue weighted by atomic mass is 32.2. The highest BCUT2D eigenvalue weighted by molar-refractivity contribution is 7.99. The molecule has 2 N–H and O–H groups in total. The molecule has 1 aromatic heterocycles. The van der Waals surface area contributed by atoms with Gasteiger partial charge in [0, 0.05) is 29.0 Å². The summed E-state index contributed by atoms with van der Waals surface area (Å²) in [6, 6.07) is 5.34. The molecule has 2 aliphatic rings. The number of aromatic amines is 1. The van der Waals surface area contributed by atoms with Crippen molar-refractivity contribution in [2.45, 2.75) is 56.6 Å². The van der Waals surface area contributed by atoms with Crippen LogP contribution in [0.4, 0.5) is 4.39 Å². The summed E-state index contributed by atoms with van der Waals surface area (Å²) in [5, 5.41) is 4.10. The van der Waals surface area contributed by atoms with Gasteiger partial charge in [-0.3, -0.25) is 0 Å². The van der Waals surface area contributed by atoms with E-state index in [1.807, 2.05) is 51.7 Å². The predicted molar refractivity (Wildman–Crippen MR) is 112 cm³/mol. The molecule has 0 unspecified atom stereocenters. The van der Waals surface area contributed by atoms with Gasteiger partial charge in [0.25, 0.3) is 0 Å². The van der Waals surface area contributed by atoms with E-state index in [2.05, 4.69) is 21.5 Å². The van der Waals surface area contributed by atoms with Gasteiger partial charge in [0.1, 0.15) is 11.6 Å². The smallest absolute Gasteiger partial charge is 0.399 e. The topological polar surface area (TPSA) is 59.2 Å². The fraction of sp³-hybridized carbons (Fsp3) is 0.550. The van der Waals surface area contributed by atoms with Crippen molar-refractivity contribution in [2.24, 2.45) is 0 Å². The van der Waals surface area contributed by atoms with Crippen LogP contribution in [0.2, 0.25) is 0 Å². The molecule has 0 radical (unpaired) electrons. The van der Waals surface area contributed by atoms with Gasteiger partial charge < -0.3 is 19.6 Å². The normalized spacial score (nSPS) is 26.1. The van der Waals surface area contributed by atoms with Crippen LogP contribution in [-0.4, -0.2) is 46.3 Å². The summed E-state index contributed by atoms with van der Waals surface area (Å²) in [7, 11) is -0.708. The first-order valence-corrected chi connectivity index (χ1v) is 11.0. The summed E-state index contributed by atoms with van der Waals surface area (Å²) in [4.78, 5) is 7.94. The van der Waals surface area contributed by atoms with Gasteiger partial charge in [0.05, 0.1) is 22.9 Å². The number of benzene rings is 1. The molecule has 4 rings (SSSR count). The molecule has 28 heavy (non-hydrogen) atoms. The van der Waals surface area contributed by atoms with Crippen molar-refractivity contribution in [3.8, 4) is 11.3 Å². The van der Waals surface area contributed by atoms with Crippen LogP contribution in [0.25, 0.3) is 11.3 Å². The first-order chi connectivity index (χ1) is 13.2. The van der Waals surface area contributed by atoms with Gasteiger partial charge >= 0.3 is 7.12 Å². The molecule has 0 spiro atoms. The van der Waals surface area contributed by atoms with Gasteiger partial charge in [-0.2, -0.15) is 11.8 Å². The number of hydrogen-bond acceptors (Lipinski definition) is 5. The van der Waals surface area contributed by atoms with Crippen molar-refractivity contribution in [3.05, 3.63) is 36.0 Å². The summed E-state index contributed by atoms with van der Waals surface area (Å²) in [6.45, 7) is 8.83. The molecule has 2 aromatic rings. The fourth-order valence-electron chi connectivity index (χ4n) is 3.60. The van der Waals surface area contributed by atoms with Gasteiger partial charge in [-0.1, -0.05) is 12.1 Å². The van der Waals surface area contributed by atoms with Crippen molar-refractivity contribution in [1.29, 1.82) is 0 Å². The van der Waals surface area contributed by atoms with Crippen molar-refractivity contribution in [3.63, 3.8) is 0 Å². The Hall–Kier alpha value is -1.35. The molecule has 2 aliphatic heterocycles. The van der Waals surface area contributed by atoms with Crippen LogP contribution in [0, 0.1) is 5.82 Å². The van der Waals surface area contributed by atoms with E-state index in [-0.39, 0.29) is 11.9 Å². The van der Waals surface area contributed by atoms with E-state index in [4.69, 9.17) is 9.31 Å². The van der Waals surface area contributed by atoms with E-state index in [9.17, 15) is 4.39 Å². The summed E-state index contributed by atoms with van der Waals surface area (Å²) < 4.78 is 26.8. The monoisotopic (exact) mass is 403 g/mol. The number of aromatic nitrogens is 2. The minimum atomic E-state index is -0.708. The Morgan fingerprint density at radius 1 is 1.21 bits per heavy atom. The maximum absolute atomic E-state index is 14.9. The van der Waals surface area contributed by atoms with Crippen LogP contribution in [0.5, 0.6) is 0 Å². The first kappa shape index (κ1) is 19.9. The minimum absolute atomic E-state index is 0.222. The average Bonchev–Trinajstić information content (AvgIpc) is 3.33. The Morgan fingerprint density at radius 3 is 2.54 bits per heavy atom. The zero-order chi connectivity index (χ0) is 20.1. The van der Waals surface area contributed by atoms with Crippen molar-refractivity contribution in [1.82, 2.24) is 15.3 Å². The number of rotatable bonds is 4. The van der Waals surface area contributed by atoms with Crippen LogP contribution >= 0.6 is 11.8 Å². The average molecular weight is 403 g/mol. The number of halogens is 1. The molecule has 0 saturated carbocycles. The Morgan fingerprint density at radius 2 is 1.93 bits per heavy atom. The van der Waals surface area contributed by atoms with Crippen molar-refractivity contribution >= 4 is 24.3 Å². The number of nitrogens with zero attached hydrogens (tertiary/aromatic N) is 1. The number of hydrogen-bond donors (Lipinski definition) is 2. The predicted octanol–water partition coefficient (Wildman–Crippen LogP) is 3.28. The number of H-pyrrole nitrogens is 1. The summed E-state index contributed by atoms with van der Waals surface area (Å²) in [5.41, 5.74) is 0.896. The van der Waals surface area contributed by atoms with Crippen molar-refractivity contribution in [2.75, 3.05) is 12.8 Å². The molecule has 3 heterocycles. The third-order valence-electron chi connectivity index (χ3n) is 6.15. The second-order valence-electron chi connectivity index (χ2n) is 8.55. The summed E-state index contributed by atoms with van der Waals surface area (Å²) in [5.74, 6) is 0.559. The molecule has 0 bridgehead atoms. The summed E-state index contributed by atoms with van der Waals surface area (Å²) >= 11 is 1.87. The lowest BCUT2D eigenvalue weighted by molar-refractivity contribution is 0.00578. The lowest BCUT2D eigenvalue weighted by Gasteiger charge is -2.32. The fourth-order valence-corrected chi connectivity index (χ4v) is 4.25. The molecule has 0 amide bonds. The van der Waals surface area contributed by atoms with Crippen LogP contribution in [0.15, 0.2) is 24.4 Å². The summed E-state index contributed by atoms with van der Waals surface area (Å²) in [6.07, 6.45) is 5.02. The molecule has 2 fully saturated rings. The quantitative estimate of drug-likeness (QED) is 0.768. The maximum atomic E-state index is 14.9. The zero-order valence-electron chi connectivity index (χ0n) is 17.0. The number of nitrogens with one attached hydrogen (secondary N) is 2. The molecule has 150 valence electrons. The van der Waals surface area contributed by atoms with Gasteiger partial charge in [-0.05, 0) is 46.4 Å². The molecule has 2 atom stereocenters. The van der Waals surface area contributed by atoms with Gasteiger partial charge in [0.15, 0.2) is 0 Å². The molecule has 5 nitrogen and oxygen atoms in total. The molecular weight excluding hydrogens is 376 g/mol. The SMILES string of the molecule is CS[C@@H]1CN[C@H](c2nc(-c3ccc(B4OC(C)(C)C(C)(C)O4)c(F)c3)c[nH]2)C1. The van der Waals surface area contributed by atoms with Crippen LogP contribution in [0.1, 0.15) is 46.0 Å². The number of imidazole rings is 1. The third-order valence-corrected chi connectivity index (χ3v) is 7.18. The zero-order valence-corrected chi connectivity index (χ0v) is 17.8. The van der Waals surface area contributed by atoms with E-state index in [1.165, 1.54) is 6.07 Å². The van der Waals surface area contributed by atoms with E-state index in [0.717, 1.165) is 30.0 Å². The Kier molecular flexibility index (Phi) is 5.10. The van der Waals surface area contributed by atoms with Gasteiger partial charge in [-0.15, -0.1) is 0 Å². The van der Waals surface area contributed by atoms with Crippen LogP contribution < -0.4 is 10.8 Å². The van der Waals surface area contributed by atoms with E-state index >= 15 is 0 Å². The lowest BCUT2D eigenvalue weighted by Crippen LogP contribution is -2.41. The second kappa shape index (κ2) is 7.16. The van der Waals surface area contributed by atoms with Crippen LogP contribution in [-0.2, 0) is 9.31 Å². The Labute approximate surface area is 170 Å². The Balaban J connectivity index is 1.53. The molecule has 1 aromatic carbocycles. The molecule has 2 saturated heterocycles. The lowest BCUT2D eigenvalue weighted by atomic mass is 9.78. The highest BCUT2D eigenvalue weighted by Crippen LogP contribution is 2.37. The van der Waals surface area contributed by atoms with Gasteiger partial charge in [-0.25, -0.2) is 9.37 Å². The maximum Gasteiger partial charge on any atom is 0.497 e. The van der Waals surface area contributed by atoms with Crippen LogP contribution in [0.3, 0.4) is 0 Å². The number of thioether (sulfide) groups is 1. The third kappa shape index (κ3) is 3.51. The van der Waals surface area contributed by atoms with E-state index in [0.29, 0.717) is 10.7 Å². The highest BCUT2D eigenvalue weighted by Gasteiger charge is 2.52. The molecule has 8 heteroatoms. The van der Waals surface area contributed by atoms with Gasteiger partial charge in [0.2, 0.25) is 0 Å². The largest absolute Gasteiger partial charge is 0.497 e. The first-order valence-electron chi connectivity index (χ1n) is 9.67.